The van der Waals surface area contributed by atoms with E-state index in [1.54, 1.807) is 12.1 Å². The third-order valence-corrected chi connectivity index (χ3v) is 13.8. The first kappa shape index (κ1) is 22.3. The zero-order valence-corrected chi connectivity index (χ0v) is 20.2. The van der Waals surface area contributed by atoms with Gasteiger partial charge in [0.1, 0.15) is 12.0 Å². The number of fused-ring (bicyclic) bond motifs is 1. The van der Waals surface area contributed by atoms with Crippen molar-refractivity contribution in [3.63, 3.8) is 0 Å². The van der Waals surface area contributed by atoms with E-state index in [2.05, 4.69) is 33.9 Å². The molecule has 0 N–H and O–H groups in total. The zero-order valence-electron chi connectivity index (χ0n) is 17.6. The maximum Gasteiger partial charge on any atom is 0.232 e. The van der Waals surface area contributed by atoms with E-state index in [1.165, 1.54) is 0 Å². The summed E-state index contributed by atoms with van der Waals surface area (Å²) < 4.78 is 43.3. The Morgan fingerprint density at radius 2 is 1.86 bits per heavy atom. The molecule has 1 aliphatic carbocycles. The van der Waals surface area contributed by atoms with Crippen LogP contribution in [0.5, 0.6) is 0 Å². The molecule has 0 radical (unpaired) electrons. The average molecular weight is 445 g/mol. The Balaban J connectivity index is 1.54. The van der Waals surface area contributed by atoms with Crippen molar-refractivity contribution in [1.29, 1.82) is 0 Å². The van der Waals surface area contributed by atoms with Gasteiger partial charge in [0.25, 0.3) is 0 Å². The van der Waals surface area contributed by atoms with Crippen LogP contribution in [0, 0.1) is 12.8 Å². The Hall–Kier alpha value is -0.383. The van der Waals surface area contributed by atoms with Gasteiger partial charge in [0, 0.05) is 16.7 Å². The van der Waals surface area contributed by atoms with Gasteiger partial charge in [-0.05, 0) is 43.6 Å². The first-order chi connectivity index (χ1) is 12.9. The highest BCUT2D eigenvalue weighted by molar-refractivity contribution is 8.72. The van der Waals surface area contributed by atoms with Gasteiger partial charge in [-0.2, -0.15) is 0 Å². The van der Waals surface area contributed by atoms with Crippen LogP contribution in [0.4, 0.5) is 0 Å². The van der Waals surface area contributed by atoms with Crippen molar-refractivity contribution in [3.05, 3.63) is 29.8 Å². The first-order valence-electron chi connectivity index (χ1n) is 9.78. The van der Waals surface area contributed by atoms with Gasteiger partial charge in [0.15, 0.2) is 8.32 Å². The fourth-order valence-corrected chi connectivity index (χ4v) is 6.33. The number of benzene rings is 1. The van der Waals surface area contributed by atoms with Gasteiger partial charge in [0.05, 0.1) is 23.7 Å². The van der Waals surface area contributed by atoms with Crippen molar-refractivity contribution >= 4 is 28.0 Å². The van der Waals surface area contributed by atoms with Crippen molar-refractivity contribution in [3.8, 4) is 0 Å². The Labute approximate surface area is 174 Å². The molecular formula is C20H32O5S2Si. The summed E-state index contributed by atoms with van der Waals surface area (Å²) in [6.07, 6.45) is 1.05. The Morgan fingerprint density at radius 3 is 2.46 bits per heavy atom. The first-order valence-corrected chi connectivity index (χ1v) is 15.7. The lowest BCUT2D eigenvalue weighted by Crippen LogP contribution is -2.44. The lowest BCUT2D eigenvalue weighted by atomic mass is 10.1. The molecule has 1 saturated heterocycles. The molecule has 28 heavy (non-hydrogen) atoms. The minimum atomic E-state index is -3.42. The molecular weight excluding hydrogens is 412 g/mol. The standard InChI is InChI=1S/C20H32O5S2Si/c1-14-7-9-15(10-8-14)27(21,22)26-13-23-19-16-11-17(16)25-18(19)12-24-28(5,6)20(2,3)4/h7-10,16-19H,11-13H2,1-6H3/t16?,17-,18+,19-/m0/s1. The molecule has 1 aliphatic heterocycles. The van der Waals surface area contributed by atoms with Gasteiger partial charge in [0.2, 0.25) is 8.87 Å². The van der Waals surface area contributed by atoms with Gasteiger partial charge in [-0.15, -0.1) is 0 Å². The van der Waals surface area contributed by atoms with Crippen molar-refractivity contribution in [2.24, 2.45) is 5.92 Å². The van der Waals surface area contributed by atoms with Gasteiger partial charge < -0.3 is 13.9 Å². The van der Waals surface area contributed by atoms with Crippen LogP contribution < -0.4 is 0 Å². The highest BCUT2D eigenvalue weighted by Gasteiger charge is 2.56. The molecule has 1 heterocycles. The molecule has 5 nitrogen and oxygen atoms in total. The molecule has 0 spiro atoms. The van der Waals surface area contributed by atoms with Crippen molar-refractivity contribution in [2.75, 3.05) is 12.5 Å². The van der Waals surface area contributed by atoms with E-state index in [9.17, 15) is 8.42 Å². The molecule has 0 bridgehead atoms. The summed E-state index contributed by atoms with van der Waals surface area (Å²) >= 11 is 0. The van der Waals surface area contributed by atoms with Crippen molar-refractivity contribution < 1.29 is 22.3 Å². The number of ether oxygens (including phenoxy) is 2. The molecule has 1 aromatic rings. The monoisotopic (exact) mass is 444 g/mol. The van der Waals surface area contributed by atoms with E-state index in [-0.39, 0.29) is 29.3 Å². The summed E-state index contributed by atoms with van der Waals surface area (Å²) in [4.78, 5) is 0.316. The fourth-order valence-electron chi connectivity index (χ4n) is 3.08. The van der Waals surface area contributed by atoms with E-state index >= 15 is 0 Å². The van der Waals surface area contributed by atoms with Crippen molar-refractivity contribution in [2.45, 2.75) is 75.5 Å². The topological polar surface area (TPSA) is 61.8 Å². The number of rotatable bonds is 8. The second-order valence-corrected chi connectivity index (χ2v) is 18.0. The molecule has 158 valence electrons. The summed E-state index contributed by atoms with van der Waals surface area (Å²) in [5.74, 6) is 0.472. The highest BCUT2D eigenvalue weighted by Crippen LogP contribution is 2.48. The fraction of sp³-hybridized carbons (Fsp3) is 0.700. The van der Waals surface area contributed by atoms with Gasteiger partial charge in [-0.25, -0.2) is 8.42 Å². The van der Waals surface area contributed by atoms with Crippen LogP contribution in [-0.2, 0) is 22.8 Å². The molecule has 2 aliphatic rings. The second-order valence-electron chi connectivity index (χ2n) is 9.32. The largest absolute Gasteiger partial charge is 0.414 e. The van der Waals surface area contributed by atoms with Crippen LogP contribution in [0.1, 0.15) is 32.8 Å². The van der Waals surface area contributed by atoms with Crippen LogP contribution in [0.25, 0.3) is 0 Å². The molecule has 2 fully saturated rings. The summed E-state index contributed by atoms with van der Waals surface area (Å²) in [7, 11) is -4.44. The SMILES string of the molecule is Cc1ccc(S(=O)(=O)SCO[C@H]2C3C[C@@H]3O[C@@H]2CO[Si](C)(C)C(C)(C)C)cc1. The minimum Gasteiger partial charge on any atom is -0.414 e. The normalized spacial score (nSPS) is 27.6. The highest BCUT2D eigenvalue weighted by atomic mass is 33.1. The number of aryl methyl sites for hydroxylation is 1. The summed E-state index contributed by atoms with van der Waals surface area (Å²) in [6, 6.07) is 6.90. The molecule has 0 aromatic heterocycles. The minimum absolute atomic E-state index is 0.0875. The molecule has 3 rings (SSSR count). The van der Waals surface area contributed by atoms with Crippen LogP contribution >= 0.6 is 10.8 Å². The van der Waals surface area contributed by atoms with Crippen LogP contribution in [0.15, 0.2) is 29.2 Å². The maximum atomic E-state index is 12.5. The van der Waals surface area contributed by atoms with E-state index < -0.39 is 17.2 Å². The van der Waals surface area contributed by atoms with Crippen LogP contribution in [0.2, 0.25) is 18.1 Å². The maximum absolute atomic E-state index is 12.5. The summed E-state index contributed by atoms with van der Waals surface area (Å²) in [5, 5.41) is 0.142. The molecule has 8 heteroatoms. The molecule has 1 unspecified atom stereocenters. The number of hydrogen-bond acceptors (Lipinski definition) is 6. The Kier molecular flexibility index (Phi) is 6.40. The van der Waals surface area contributed by atoms with E-state index in [0.29, 0.717) is 17.4 Å². The second kappa shape index (κ2) is 8.04. The third-order valence-electron chi connectivity index (χ3n) is 6.10. The Bertz CT molecular complexity index is 786. The van der Waals surface area contributed by atoms with E-state index in [0.717, 1.165) is 22.8 Å². The lowest BCUT2D eigenvalue weighted by Gasteiger charge is -2.37. The molecule has 4 atom stereocenters. The predicted molar refractivity (Wildman–Crippen MR) is 116 cm³/mol. The predicted octanol–water partition coefficient (Wildman–Crippen LogP) is 4.57. The van der Waals surface area contributed by atoms with E-state index in [4.69, 9.17) is 13.9 Å². The van der Waals surface area contributed by atoms with Crippen molar-refractivity contribution in [1.82, 2.24) is 0 Å². The average Bonchev–Trinajstić information content (AvgIpc) is 3.27. The molecule has 1 saturated carbocycles. The quantitative estimate of drug-likeness (QED) is 0.332. The van der Waals surface area contributed by atoms with Gasteiger partial charge in [-0.3, -0.25) is 0 Å². The number of hydrogen-bond donors (Lipinski definition) is 0. The van der Waals surface area contributed by atoms with E-state index in [1.807, 2.05) is 19.1 Å². The van der Waals surface area contributed by atoms with Crippen LogP contribution in [0.3, 0.4) is 0 Å². The third kappa shape index (κ3) is 5.02. The van der Waals surface area contributed by atoms with Crippen LogP contribution in [-0.4, -0.2) is 47.6 Å². The van der Waals surface area contributed by atoms with Gasteiger partial charge >= 0.3 is 0 Å². The molecule has 1 aromatic carbocycles. The zero-order chi connectivity index (χ0) is 20.7. The van der Waals surface area contributed by atoms with Gasteiger partial charge in [-0.1, -0.05) is 38.5 Å². The summed E-state index contributed by atoms with van der Waals surface area (Å²) in [5.41, 5.74) is 1.03. The lowest BCUT2D eigenvalue weighted by molar-refractivity contribution is -0.0452. The smallest absolute Gasteiger partial charge is 0.232 e. The summed E-state index contributed by atoms with van der Waals surface area (Å²) in [6.45, 7) is 13.5. The molecule has 0 amide bonds. The Morgan fingerprint density at radius 1 is 1.21 bits per heavy atom.